The van der Waals surface area contributed by atoms with E-state index in [0.717, 1.165) is 6.04 Å². The second kappa shape index (κ2) is 6.19. The van der Waals surface area contributed by atoms with Crippen molar-refractivity contribution in [2.45, 2.75) is 76.8 Å². The van der Waals surface area contributed by atoms with Crippen molar-refractivity contribution in [3.8, 4) is 0 Å². The van der Waals surface area contributed by atoms with Crippen molar-refractivity contribution in [1.29, 1.82) is 0 Å². The van der Waals surface area contributed by atoms with Gasteiger partial charge in [0.15, 0.2) is 0 Å². The van der Waals surface area contributed by atoms with E-state index in [4.69, 9.17) is 0 Å². The first-order chi connectivity index (χ1) is 8.24. The summed E-state index contributed by atoms with van der Waals surface area (Å²) in [6.45, 7) is 8.63. The average Bonchev–Trinajstić information content (AvgIpc) is 2.57. The van der Waals surface area contributed by atoms with E-state index in [1.54, 1.807) is 0 Å². The lowest BCUT2D eigenvalue weighted by Gasteiger charge is -2.44. The summed E-state index contributed by atoms with van der Waals surface area (Å²) in [4.78, 5) is 2.81. The molecule has 0 aromatic carbocycles. The summed E-state index contributed by atoms with van der Waals surface area (Å²) in [6.07, 6.45) is 11.2. The zero-order valence-corrected chi connectivity index (χ0v) is 11.8. The quantitative estimate of drug-likeness (QED) is 0.812. The number of nitrogens with one attached hydrogen (secondary N) is 1. The first-order valence-electron chi connectivity index (χ1n) is 7.73. The zero-order valence-electron chi connectivity index (χ0n) is 11.8. The van der Waals surface area contributed by atoms with Gasteiger partial charge in [-0.2, -0.15) is 0 Å². The number of hydrogen-bond acceptors (Lipinski definition) is 2. The Labute approximate surface area is 107 Å². The number of rotatable bonds is 3. The Morgan fingerprint density at radius 3 is 2.65 bits per heavy atom. The van der Waals surface area contributed by atoms with Gasteiger partial charge in [-0.1, -0.05) is 32.6 Å². The van der Waals surface area contributed by atoms with Crippen molar-refractivity contribution < 1.29 is 0 Å². The van der Waals surface area contributed by atoms with Crippen molar-refractivity contribution in [3.63, 3.8) is 0 Å². The van der Waals surface area contributed by atoms with Crippen molar-refractivity contribution >= 4 is 0 Å². The molecule has 2 rings (SSSR count). The monoisotopic (exact) mass is 238 g/mol. The predicted molar refractivity (Wildman–Crippen MR) is 74.4 cm³/mol. The molecule has 2 heteroatoms. The molecular weight excluding hydrogens is 208 g/mol. The van der Waals surface area contributed by atoms with Crippen LogP contribution in [-0.4, -0.2) is 36.1 Å². The molecule has 1 unspecified atom stereocenters. The summed E-state index contributed by atoms with van der Waals surface area (Å²) < 4.78 is 0. The first-order valence-corrected chi connectivity index (χ1v) is 7.73. The van der Waals surface area contributed by atoms with Crippen LogP contribution in [0.2, 0.25) is 0 Å². The van der Waals surface area contributed by atoms with Gasteiger partial charge in [0.05, 0.1) is 0 Å². The first kappa shape index (κ1) is 13.4. The average molecular weight is 238 g/mol. The van der Waals surface area contributed by atoms with E-state index in [1.165, 1.54) is 71.0 Å². The van der Waals surface area contributed by atoms with Crippen LogP contribution in [0.4, 0.5) is 0 Å². The van der Waals surface area contributed by atoms with Gasteiger partial charge in [-0.05, 0) is 45.7 Å². The van der Waals surface area contributed by atoms with Gasteiger partial charge in [-0.15, -0.1) is 0 Å². The molecule has 17 heavy (non-hydrogen) atoms. The van der Waals surface area contributed by atoms with E-state index in [-0.39, 0.29) is 0 Å². The summed E-state index contributed by atoms with van der Waals surface area (Å²) >= 11 is 0. The third-order valence-electron chi connectivity index (χ3n) is 4.81. The van der Waals surface area contributed by atoms with E-state index in [0.29, 0.717) is 5.54 Å². The largest absolute Gasteiger partial charge is 0.313 e. The minimum atomic E-state index is 0.510. The van der Waals surface area contributed by atoms with E-state index in [9.17, 15) is 0 Å². The van der Waals surface area contributed by atoms with E-state index in [1.807, 2.05) is 0 Å². The van der Waals surface area contributed by atoms with Gasteiger partial charge in [0.25, 0.3) is 0 Å². The SMILES string of the molecule is CCCC1CN(C2(C)CCCCC2)CCCN1. The van der Waals surface area contributed by atoms with Crippen molar-refractivity contribution in [1.82, 2.24) is 10.2 Å². The second-order valence-corrected chi connectivity index (χ2v) is 6.30. The Balaban J connectivity index is 1.97. The summed E-state index contributed by atoms with van der Waals surface area (Å²) in [7, 11) is 0. The van der Waals surface area contributed by atoms with Crippen molar-refractivity contribution in [2.24, 2.45) is 0 Å². The molecule has 0 bridgehead atoms. The smallest absolute Gasteiger partial charge is 0.0195 e. The Bertz CT molecular complexity index is 221. The van der Waals surface area contributed by atoms with Crippen LogP contribution < -0.4 is 5.32 Å². The fourth-order valence-corrected chi connectivity index (χ4v) is 3.66. The normalized spacial score (nSPS) is 31.1. The number of hydrogen-bond donors (Lipinski definition) is 1. The zero-order chi connectivity index (χ0) is 12.1. The molecule has 1 atom stereocenters. The molecule has 0 aromatic heterocycles. The van der Waals surface area contributed by atoms with Crippen molar-refractivity contribution in [3.05, 3.63) is 0 Å². The summed E-state index contributed by atoms with van der Waals surface area (Å²) in [6, 6.07) is 0.737. The van der Waals surface area contributed by atoms with Gasteiger partial charge in [0.1, 0.15) is 0 Å². The summed E-state index contributed by atoms with van der Waals surface area (Å²) in [5.41, 5.74) is 0.510. The predicted octanol–water partition coefficient (Wildman–Crippen LogP) is 3.17. The van der Waals surface area contributed by atoms with Crippen LogP contribution in [0.15, 0.2) is 0 Å². The van der Waals surface area contributed by atoms with E-state index < -0.39 is 0 Å². The Morgan fingerprint density at radius 1 is 1.18 bits per heavy atom. The standard InChI is InChI=1S/C15H30N2/c1-3-8-14-13-17(12-7-11-16-14)15(2)9-5-4-6-10-15/h14,16H,3-13H2,1-2H3. The van der Waals surface area contributed by atoms with Crippen molar-refractivity contribution in [2.75, 3.05) is 19.6 Å². The molecule has 1 aliphatic heterocycles. The fourth-order valence-electron chi connectivity index (χ4n) is 3.66. The molecule has 2 aliphatic rings. The summed E-state index contributed by atoms with van der Waals surface area (Å²) in [5, 5.41) is 3.73. The molecule has 0 aromatic rings. The van der Waals surface area contributed by atoms with Crippen LogP contribution in [0, 0.1) is 0 Å². The Morgan fingerprint density at radius 2 is 1.94 bits per heavy atom. The van der Waals surface area contributed by atoms with Gasteiger partial charge in [0.2, 0.25) is 0 Å². The Hall–Kier alpha value is -0.0800. The molecule has 100 valence electrons. The lowest BCUT2D eigenvalue weighted by atomic mass is 9.81. The molecule has 0 spiro atoms. The highest BCUT2D eigenvalue weighted by molar-refractivity contribution is 4.92. The maximum atomic E-state index is 3.73. The summed E-state index contributed by atoms with van der Waals surface area (Å²) in [5.74, 6) is 0. The minimum Gasteiger partial charge on any atom is -0.313 e. The van der Waals surface area contributed by atoms with Crippen LogP contribution in [-0.2, 0) is 0 Å². The van der Waals surface area contributed by atoms with Crippen LogP contribution >= 0.6 is 0 Å². The molecule has 2 fully saturated rings. The third-order valence-corrected chi connectivity index (χ3v) is 4.81. The molecule has 0 radical (unpaired) electrons. The number of nitrogens with zero attached hydrogens (tertiary/aromatic N) is 1. The van der Waals surface area contributed by atoms with Gasteiger partial charge >= 0.3 is 0 Å². The van der Waals surface area contributed by atoms with Gasteiger partial charge in [0, 0.05) is 18.1 Å². The topological polar surface area (TPSA) is 15.3 Å². The van der Waals surface area contributed by atoms with Crippen LogP contribution in [0.5, 0.6) is 0 Å². The highest BCUT2D eigenvalue weighted by Gasteiger charge is 2.34. The molecule has 1 saturated heterocycles. The third kappa shape index (κ3) is 3.45. The Kier molecular flexibility index (Phi) is 4.87. The second-order valence-electron chi connectivity index (χ2n) is 6.30. The lowest BCUT2D eigenvalue weighted by molar-refractivity contribution is 0.0636. The van der Waals surface area contributed by atoms with Crippen LogP contribution in [0.25, 0.3) is 0 Å². The molecule has 2 nitrogen and oxygen atoms in total. The maximum absolute atomic E-state index is 3.73. The molecule has 1 N–H and O–H groups in total. The van der Waals surface area contributed by atoms with Gasteiger partial charge in [-0.25, -0.2) is 0 Å². The van der Waals surface area contributed by atoms with E-state index in [2.05, 4.69) is 24.1 Å². The highest BCUT2D eigenvalue weighted by Crippen LogP contribution is 2.34. The molecule has 1 heterocycles. The van der Waals surface area contributed by atoms with Gasteiger partial charge in [-0.3, -0.25) is 4.90 Å². The van der Waals surface area contributed by atoms with Crippen LogP contribution in [0.1, 0.15) is 65.2 Å². The highest BCUT2D eigenvalue weighted by atomic mass is 15.2. The maximum Gasteiger partial charge on any atom is 0.0195 e. The van der Waals surface area contributed by atoms with Crippen LogP contribution in [0.3, 0.4) is 0 Å². The molecule has 1 aliphatic carbocycles. The molecule has 1 saturated carbocycles. The van der Waals surface area contributed by atoms with Gasteiger partial charge < -0.3 is 5.32 Å². The molecular formula is C15H30N2. The lowest BCUT2D eigenvalue weighted by Crippen LogP contribution is -2.51. The van der Waals surface area contributed by atoms with E-state index >= 15 is 0 Å². The minimum absolute atomic E-state index is 0.510. The fraction of sp³-hybridized carbons (Fsp3) is 1.00. The molecule has 0 amide bonds.